The van der Waals surface area contributed by atoms with Gasteiger partial charge >= 0.3 is 18.2 Å². The van der Waals surface area contributed by atoms with Gasteiger partial charge in [-0.25, -0.2) is 14.4 Å². The van der Waals surface area contributed by atoms with Gasteiger partial charge in [0.2, 0.25) is 5.43 Å². The molecule has 0 fully saturated rings. The van der Waals surface area contributed by atoms with E-state index in [2.05, 4.69) is 20.9 Å². The normalized spacial score (nSPS) is 12.8. The number of unbranched alkanes of at least 4 members (excludes halogenated alkanes) is 1. The van der Waals surface area contributed by atoms with E-state index in [1.165, 1.54) is 6.20 Å². The predicted octanol–water partition coefficient (Wildman–Crippen LogP) is 6.17. The highest BCUT2D eigenvalue weighted by atomic mass is 35.5. The number of carbonyl (C=O) groups is 4. The van der Waals surface area contributed by atoms with Gasteiger partial charge in [-0.15, -0.1) is 0 Å². The summed E-state index contributed by atoms with van der Waals surface area (Å²) in [5.74, 6) is -1.16. The van der Waals surface area contributed by atoms with Gasteiger partial charge in [-0.3, -0.25) is 9.59 Å². The fraction of sp³-hybridized carbons (Fsp3) is 0.472. The first-order chi connectivity index (χ1) is 22.9. The van der Waals surface area contributed by atoms with Gasteiger partial charge in [0.1, 0.15) is 28.9 Å². The standard InChI is InChI=1S/C36H47ClN4O8/c1-22(47-32(44)29(41-34(46)49-36(5,6)7)10-8-9-17-38-33(45)48-35(2,3)4)18-24-13-16-28-26(19-24)30(42)27(21-39-28)31(43)40-20-23-11-14-25(37)15-12-23/h11-16,19,21-22,29H,8-10,17-18,20H2,1-7H3,(H,38,45)(H,39,42)(H,40,43)(H,41,46). The number of hydrogen-bond donors (Lipinski definition) is 4. The number of halogens is 1. The van der Waals surface area contributed by atoms with Crippen molar-refractivity contribution < 1.29 is 33.4 Å². The van der Waals surface area contributed by atoms with Crippen molar-refractivity contribution >= 4 is 46.6 Å². The highest BCUT2D eigenvalue weighted by molar-refractivity contribution is 6.30. The molecule has 0 saturated heterocycles. The Morgan fingerprint density at radius 3 is 2.14 bits per heavy atom. The van der Waals surface area contributed by atoms with Crippen LogP contribution in [0.5, 0.6) is 0 Å². The number of alkyl carbamates (subject to hydrolysis) is 2. The van der Waals surface area contributed by atoms with Crippen molar-refractivity contribution in [2.75, 3.05) is 6.54 Å². The smallest absolute Gasteiger partial charge is 0.408 e. The van der Waals surface area contributed by atoms with Gasteiger partial charge in [0, 0.05) is 41.6 Å². The van der Waals surface area contributed by atoms with Gasteiger partial charge in [-0.1, -0.05) is 29.8 Å². The maximum absolute atomic E-state index is 13.3. The van der Waals surface area contributed by atoms with Crippen LogP contribution in [0.1, 0.15) is 89.2 Å². The van der Waals surface area contributed by atoms with Crippen LogP contribution < -0.4 is 21.4 Å². The SMILES string of the molecule is CC(Cc1ccc2[nH]cc(C(=O)NCc3ccc(Cl)cc3)c(=O)c2c1)OC(=O)C(CCCCNC(=O)OC(C)(C)C)NC(=O)OC(C)(C)C. The number of aromatic amines is 1. The van der Waals surface area contributed by atoms with Crippen LogP contribution in [-0.4, -0.2) is 58.9 Å². The summed E-state index contributed by atoms with van der Waals surface area (Å²) < 4.78 is 16.3. The van der Waals surface area contributed by atoms with E-state index in [1.54, 1.807) is 90.9 Å². The summed E-state index contributed by atoms with van der Waals surface area (Å²) in [6.07, 6.45) is 1.01. The third-order valence-electron chi connectivity index (χ3n) is 6.96. The van der Waals surface area contributed by atoms with Crippen LogP contribution >= 0.6 is 11.6 Å². The molecule has 0 aliphatic heterocycles. The fourth-order valence-electron chi connectivity index (χ4n) is 4.77. The number of rotatable bonds is 13. The van der Waals surface area contributed by atoms with E-state index >= 15 is 0 Å². The summed E-state index contributed by atoms with van der Waals surface area (Å²) in [4.78, 5) is 66.9. The summed E-state index contributed by atoms with van der Waals surface area (Å²) in [6.45, 7) is 12.7. The van der Waals surface area contributed by atoms with E-state index in [4.69, 9.17) is 25.8 Å². The lowest BCUT2D eigenvalue weighted by atomic mass is 10.0. The Morgan fingerprint density at radius 1 is 0.857 bits per heavy atom. The van der Waals surface area contributed by atoms with Crippen molar-refractivity contribution in [3.8, 4) is 0 Å². The van der Waals surface area contributed by atoms with Crippen LogP contribution in [0.2, 0.25) is 5.02 Å². The Labute approximate surface area is 291 Å². The lowest BCUT2D eigenvalue weighted by Gasteiger charge is -2.24. The number of benzene rings is 2. The Balaban J connectivity index is 1.63. The van der Waals surface area contributed by atoms with E-state index < -0.39 is 52.8 Å². The van der Waals surface area contributed by atoms with Crippen LogP contribution in [0.25, 0.3) is 10.9 Å². The summed E-state index contributed by atoms with van der Waals surface area (Å²) >= 11 is 5.93. The zero-order chi connectivity index (χ0) is 36.4. The van der Waals surface area contributed by atoms with Crippen LogP contribution in [0.4, 0.5) is 9.59 Å². The molecule has 2 aromatic carbocycles. The zero-order valence-electron chi connectivity index (χ0n) is 29.2. The van der Waals surface area contributed by atoms with Crippen molar-refractivity contribution in [2.45, 2.75) is 104 Å². The second-order valence-corrected chi connectivity index (χ2v) is 14.2. The van der Waals surface area contributed by atoms with Gasteiger partial charge in [0.25, 0.3) is 5.91 Å². The first-order valence-electron chi connectivity index (χ1n) is 16.2. The molecular weight excluding hydrogens is 652 g/mol. The van der Waals surface area contributed by atoms with E-state index in [0.29, 0.717) is 40.9 Å². The molecule has 0 saturated carbocycles. The average molecular weight is 699 g/mol. The lowest BCUT2D eigenvalue weighted by molar-refractivity contribution is -0.151. The number of pyridine rings is 1. The number of ether oxygens (including phenoxy) is 3. The van der Waals surface area contributed by atoms with Gasteiger partial charge in [-0.05, 0) is 103 Å². The quantitative estimate of drug-likeness (QED) is 0.0934. The van der Waals surface area contributed by atoms with Crippen LogP contribution in [0, 0.1) is 0 Å². The summed E-state index contributed by atoms with van der Waals surface area (Å²) in [6, 6.07) is 11.2. The number of H-pyrrole nitrogens is 1. The molecule has 0 spiro atoms. The minimum Gasteiger partial charge on any atom is -0.461 e. The van der Waals surface area contributed by atoms with Crippen molar-refractivity contribution in [1.29, 1.82) is 0 Å². The van der Waals surface area contributed by atoms with Crippen molar-refractivity contribution in [3.05, 3.63) is 80.6 Å². The monoisotopic (exact) mass is 698 g/mol. The molecule has 3 aromatic rings. The molecule has 0 bridgehead atoms. The molecule has 0 radical (unpaired) electrons. The average Bonchev–Trinajstić information content (AvgIpc) is 2.98. The minimum atomic E-state index is -0.993. The maximum Gasteiger partial charge on any atom is 0.408 e. The molecule has 2 unspecified atom stereocenters. The van der Waals surface area contributed by atoms with Crippen molar-refractivity contribution in [2.24, 2.45) is 0 Å². The number of carbonyl (C=O) groups excluding carboxylic acids is 4. The molecule has 266 valence electrons. The van der Waals surface area contributed by atoms with Gasteiger partial charge < -0.3 is 35.1 Å². The highest BCUT2D eigenvalue weighted by Gasteiger charge is 2.27. The Hall–Kier alpha value is -4.58. The number of esters is 1. The molecule has 12 nitrogen and oxygen atoms in total. The molecule has 1 heterocycles. The number of nitrogens with one attached hydrogen (secondary N) is 4. The largest absolute Gasteiger partial charge is 0.461 e. The third-order valence-corrected chi connectivity index (χ3v) is 7.21. The predicted molar refractivity (Wildman–Crippen MR) is 188 cm³/mol. The van der Waals surface area contributed by atoms with Gasteiger partial charge in [-0.2, -0.15) is 0 Å². The Kier molecular flexibility index (Phi) is 13.6. The molecule has 0 aliphatic carbocycles. The van der Waals surface area contributed by atoms with Crippen LogP contribution in [0.3, 0.4) is 0 Å². The molecule has 3 amide bonds. The molecule has 13 heteroatoms. The number of fused-ring (bicyclic) bond motifs is 1. The van der Waals surface area contributed by atoms with Crippen molar-refractivity contribution in [3.63, 3.8) is 0 Å². The molecule has 0 aliphatic rings. The second kappa shape index (κ2) is 17.2. The van der Waals surface area contributed by atoms with E-state index in [0.717, 1.165) is 5.56 Å². The molecule has 49 heavy (non-hydrogen) atoms. The molecular formula is C36H47ClN4O8. The summed E-state index contributed by atoms with van der Waals surface area (Å²) in [7, 11) is 0. The fourth-order valence-corrected chi connectivity index (χ4v) is 4.90. The highest BCUT2D eigenvalue weighted by Crippen LogP contribution is 2.16. The Bertz CT molecular complexity index is 1680. The lowest BCUT2D eigenvalue weighted by Crippen LogP contribution is -2.45. The first-order valence-corrected chi connectivity index (χ1v) is 16.6. The van der Waals surface area contributed by atoms with Gasteiger partial charge in [0.05, 0.1) is 0 Å². The molecule has 1 aromatic heterocycles. The number of aromatic nitrogens is 1. The van der Waals surface area contributed by atoms with Crippen molar-refractivity contribution in [1.82, 2.24) is 20.9 Å². The summed E-state index contributed by atoms with van der Waals surface area (Å²) in [5.41, 5.74) is 0.242. The third kappa shape index (κ3) is 13.5. The topological polar surface area (TPSA) is 165 Å². The zero-order valence-corrected chi connectivity index (χ0v) is 29.9. The minimum absolute atomic E-state index is 0.0320. The maximum atomic E-state index is 13.3. The van der Waals surface area contributed by atoms with E-state index in [9.17, 15) is 24.0 Å². The van der Waals surface area contributed by atoms with Gasteiger partial charge in [0.15, 0.2) is 0 Å². The number of amides is 3. The molecule has 2 atom stereocenters. The van der Waals surface area contributed by atoms with Crippen LogP contribution in [-0.2, 0) is 32.0 Å². The summed E-state index contributed by atoms with van der Waals surface area (Å²) in [5, 5.41) is 8.94. The Morgan fingerprint density at radius 2 is 1.49 bits per heavy atom. The van der Waals surface area contributed by atoms with Crippen LogP contribution in [0.15, 0.2) is 53.5 Å². The first kappa shape index (κ1) is 38.9. The molecule has 4 N–H and O–H groups in total. The van der Waals surface area contributed by atoms with E-state index in [-0.39, 0.29) is 24.9 Å². The molecule has 3 rings (SSSR count). The second-order valence-electron chi connectivity index (χ2n) is 13.8. The van der Waals surface area contributed by atoms with E-state index in [1.807, 2.05) is 0 Å². The number of hydrogen-bond acceptors (Lipinski definition) is 8.